The molecule has 2 rings (SSSR count). The van der Waals surface area contributed by atoms with Crippen molar-refractivity contribution in [2.24, 2.45) is 4.99 Å². The monoisotopic (exact) mass is 332 g/mol. The molecule has 1 heterocycles. The molecule has 23 heavy (non-hydrogen) atoms. The van der Waals surface area contributed by atoms with Crippen molar-refractivity contribution in [1.82, 2.24) is 15.6 Å². The summed E-state index contributed by atoms with van der Waals surface area (Å²) in [5.74, 6) is 1.67. The van der Waals surface area contributed by atoms with Gasteiger partial charge in [-0.3, -0.25) is 4.99 Å². The number of aliphatic imine (C=N–C) groups is 1. The largest absolute Gasteiger partial charge is 0.492 e. The summed E-state index contributed by atoms with van der Waals surface area (Å²) < 4.78 is 5.64. The second-order valence-corrected chi connectivity index (χ2v) is 6.37. The Morgan fingerprint density at radius 3 is 2.57 bits per heavy atom. The quantitative estimate of drug-likeness (QED) is 0.465. The lowest BCUT2D eigenvalue weighted by Gasteiger charge is -2.12. The van der Waals surface area contributed by atoms with E-state index < -0.39 is 0 Å². The van der Waals surface area contributed by atoms with Gasteiger partial charge in [0.25, 0.3) is 0 Å². The summed E-state index contributed by atoms with van der Waals surface area (Å²) in [6.45, 7) is 6.26. The molecule has 0 saturated carbocycles. The first-order chi connectivity index (χ1) is 11.2. The van der Waals surface area contributed by atoms with Gasteiger partial charge in [0.15, 0.2) is 5.96 Å². The van der Waals surface area contributed by atoms with E-state index in [1.807, 2.05) is 30.3 Å². The molecule has 0 unspecified atom stereocenters. The molecular formula is C17H24N4OS. The first-order valence-electron chi connectivity index (χ1n) is 7.74. The lowest BCUT2D eigenvalue weighted by Crippen LogP contribution is -2.40. The number of hydrogen-bond donors (Lipinski definition) is 2. The standard InChI is InChI=1S/C17H24N4OS/c1-13-14(2)23-16(21-13)9-10-19-17(18-3)20-11-12-22-15-7-5-4-6-8-15/h4-8H,9-12H2,1-3H3,(H2,18,19,20). The van der Waals surface area contributed by atoms with Crippen molar-refractivity contribution in [2.75, 3.05) is 26.7 Å². The zero-order chi connectivity index (χ0) is 16.5. The summed E-state index contributed by atoms with van der Waals surface area (Å²) in [5.41, 5.74) is 1.13. The Hall–Kier alpha value is -2.08. The second-order valence-electron chi connectivity index (χ2n) is 5.09. The number of nitrogens with one attached hydrogen (secondary N) is 2. The second kappa shape index (κ2) is 9.15. The van der Waals surface area contributed by atoms with E-state index in [0.29, 0.717) is 13.2 Å². The van der Waals surface area contributed by atoms with Crippen LogP contribution >= 0.6 is 11.3 Å². The van der Waals surface area contributed by atoms with Crippen LogP contribution in [0.15, 0.2) is 35.3 Å². The summed E-state index contributed by atoms with van der Waals surface area (Å²) in [6.07, 6.45) is 0.903. The number of guanidine groups is 1. The van der Waals surface area contributed by atoms with Crippen molar-refractivity contribution in [2.45, 2.75) is 20.3 Å². The molecule has 2 N–H and O–H groups in total. The highest BCUT2D eigenvalue weighted by molar-refractivity contribution is 7.11. The van der Waals surface area contributed by atoms with Crippen LogP contribution in [0.1, 0.15) is 15.6 Å². The number of ether oxygens (including phenoxy) is 1. The topological polar surface area (TPSA) is 58.5 Å². The molecule has 6 heteroatoms. The molecule has 1 aromatic carbocycles. The SMILES string of the molecule is CN=C(NCCOc1ccccc1)NCCc1nc(C)c(C)s1. The Labute approximate surface area is 141 Å². The van der Waals surface area contributed by atoms with Gasteiger partial charge in [0.05, 0.1) is 17.2 Å². The highest BCUT2D eigenvalue weighted by Crippen LogP contribution is 2.16. The fourth-order valence-electron chi connectivity index (χ4n) is 2.01. The van der Waals surface area contributed by atoms with E-state index in [1.165, 1.54) is 4.88 Å². The Balaban J connectivity index is 1.63. The van der Waals surface area contributed by atoms with Gasteiger partial charge in [-0.25, -0.2) is 4.98 Å². The molecule has 0 radical (unpaired) electrons. The van der Waals surface area contributed by atoms with Crippen LogP contribution in [0, 0.1) is 13.8 Å². The van der Waals surface area contributed by atoms with Gasteiger partial charge in [-0.15, -0.1) is 11.3 Å². The van der Waals surface area contributed by atoms with Crippen LogP contribution in [-0.2, 0) is 6.42 Å². The molecule has 124 valence electrons. The number of nitrogens with zero attached hydrogens (tertiary/aromatic N) is 2. The zero-order valence-corrected chi connectivity index (χ0v) is 14.7. The molecule has 0 aliphatic carbocycles. The maximum absolute atomic E-state index is 5.64. The van der Waals surface area contributed by atoms with Gasteiger partial charge in [0.1, 0.15) is 12.4 Å². The third-order valence-electron chi connectivity index (χ3n) is 3.33. The lowest BCUT2D eigenvalue weighted by atomic mass is 10.3. The predicted molar refractivity (Wildman–Crippen MR) is 96.6 cm³/mol. The van der Waals surface area contributed by atoms with Crippen LogP contribution in [0.3, 0.4) is 0 Å². The first-order valence-corrected chi connectivity index (χ1v) is 8.56. The molecule has 0 saturated heterocycles. The average molecular weight is 332 g/mol. The van der Waals surface area contributed by atoms with E-state index >= 15 is 0 Å². The van der Waals surface area contributed by atoms with Crippen molar-refractivity contribution < 1.29 is 4.74 Å². The summed E-state index contributed by atoms with van der Waals surface area (Å²) >= 11 is 1.76. The fourth-order valence-corrected chi connectivity index (χ4v) is 2.94. The van der Waals surface area contributed by atoms with Gasteiger partial charge in [0, 0.05) is 24.9 Å². The minimum Gasteiger partial charge on any atom is -0.492 e. The number of hydrogen-bond acceptors (Lipinski definition) is 4. The number of para-hydroxylation sites is 1. The Morgan fingerprint density at radius 2 is 1.91 bits per heavy atom. The van der Waals surface area contributed by atoms with Crippen LogP contribution in [0.2, 0.25) is 0 Å². The predicted octanol–water partition coefficient (Wildman–Crippen LogP) is 2.55. The van der Waals surface area contributed by atoms with Crippen LogP contribution in [0.5, 0.6) is 5.75 Å². The lowest BCUT2D eigenvalue weighted by molar-refractivity contribution is 0.322. The summed E-state index contributed by atoms with van der Waals surface area (Å²) in [4.78, 5) is 10.0. The van der Waals surface area contributed by atoms with E-state index in [4.69, 9.17) is 4.74 Å². The van der Waals surface area contributed by atoms with Crippen molar-refractivity contribution in [3.8, 4) is 5.75 Å². The Morgan fingerprint density at radius 1 is 1.17 bits per heavy atom. The van der Waals surface area contributed by atoms with Crippen LogP contribution in [-0.4, -0.2) is 37.7 Å². The maximum atomic E-state index is 5.64. The Bertz CT molecular complexity index is 605. The van der Waals surface area contributed by atoms with E-state index in [1.54, 1.807) is 18.4 Å². The number of aromatic nitrogens is 1. The third-order valence-corrected chi connectivity index (χ3v) is 4.47. The van der Waals surface area contributed by atoms with Gasteiger partial charge in [0.2, 0.25) is 0 Å². The molecule has 0 aliphatic heterocycles. The highest BCUT2D eigenvalue weighted by atomic mass is 32.1. The third kappa shape index (κ3) is 5.90. The molecular weight excluding hydrogens is 308 g/mol. The van der Waals surface area contributed by atoms with E-state index in [0.717, 1.165) is 35.4 Å². The molecule has 0 spiro atoms. The molecule has 0 fully saturated rings. The van der Waals surface area contributed by atoms with Crippen molar-refractivity contribution in [3.05, 3.63) is 45.9 Å². The zero-order valence-electron chi connectivity index (χ0n) is 13.9. The van der Waals surface area contributed by atoms with Gasteiger partial charge in [-0.1, -0.05) is 18.2 Å². The Kier molecular flexibility index (Phi) is 6.87. The number of benzene rings is 1. The normalized spacial score (nSPS) is 11.3. The minimum absolute atomic E-state index is 0.593. The van der Waals surface area contributed by atoms with Crippen molar-refractivity contribution >= 4 is 17.3 Å². The highest BCUT2D eigenvalue weighted by Gasteiger charge is 2.04. The summed E-state index contributed by atoms with van der Waals surface area (Å²) in [6, 6.07) is 9.80. The number of thiazole rings is 1. The molecule has 0 amide bonds. The maximum Gasteiger partial charge on any atom is 0.191 e. The van der Waals surface area contributed by atoms with Gasteiger partial charge < -0.3 is 15.4 Å². The minimum atomic E-state index is 0.593. The van der Waals surface area contributed by atoms with Crippen LogP contribution in [0.25, 0.3) is 0 Å². The smallest absolute Gasteiger partial charge is 0.191 e. The summed E-state index contributed by atoms with van der Waals surface area (Å²) in [7, 11) is 1.77. The fraction of sp³-hybridized carbons (Fsp3) is 0.412. The molecule has 2 aromatic rings. The summed E-state index contributed by atoms with van der Waals surface area (Å²) in [5, 5.41) is 7.70. The molecule has 1 aromatic heterocycles. The van der Waals surface area contributed by atoms with Crippen molar-refractivity contribution in [3.63, 3.8) is 0 Å². The first kappa shape index (κ1) is 17.3. The van der Waals surface area contributed by atoms with Gasteiger partial charge >= 0.3 is 0 Å². The average Bonchev–Trinajstić information content (AvgIpc) is 2.89. The van der Waals surface area contributed by atoms with E-state index in [9.17, 15) is 0 Å². The van der Waals surface area contributed by atoms with Crippen molar-refractivity contribution in [1.29, 1.82) is 0 Å². The number of aryl methyl sites for hydroxylation is 2. The molecule has 0 bridgehead atoms. The van der Waals surface area contributed by atoms with Crippen LogP contribution < -0.4 is 15.4 Å². The molecule has 0 atom stereocenters. The number of rotatable bonds is 7. The van der Waals surface area contributed by atoms with Crippen LogP contribution in [0.4, 0.5) is 0 Å². The van der Waals surface area contributed by atoms with Gasteiger partial charge in [-0.2, -0.15) is 0 Å². The van der Waals surface area contributed by atoms with E-state index in [-0.39, 0.29) is 0 Å². The van der Waals surface area contributed by atoms with Gasteiger partial charge in [-0.05, 0) is 26.0 Å². The molecule has 0 aliphatic rings. The van der Waals surface area contributed by atoms with E-state index in [2.05, 4.69) is 34.5 Å². The molecule has 5 nitrogen and oxygen atoms in total.